The molecule has 0 bridgehead atoms. The van der Waals surface area contributed by atoms with Gasteiger partial charge in [0.15, 0.2) is 0 Å². The maximum Gasteiger partial charge on any atom is 0.417 e. The van der Waals surface area contributed by atoms with E-state index in [4.69, 9.17) is 5.53 Å². The lowest BCUT2D eigenvalue weighted by atomic mass is 10.1. The molecule has 0 N–H and O–H groups in total. The molecule has 0 aliphatic heterocycles. The Morgan fingerprint density at radius 3 is 2.71 bits per heavy atom. The van der Waals surface area contributed by atoms with Crippen LogP contribution in [0.25, 0.3) is 10.4 Å². The van der Waals surface area contributed by atoms with Crippen LogP contribution in [0.3, 0.4) is 0 Å². The third kappa shape index (κ3) is 4.02. The molecule has 0 radical (unpaired) electrons. The van der Waals surface area contributed by atoms with Crippen molar-refractivity contribution >= 4 is 15.9 Å². The van der Waals surface area contributed by atoms with Crippen molar-refractivity contribution in [1.29, 1.82) is 0 Å². The van der Waals surface area contributed by atoms with E-state index in [9.17, 15) is 13.2 Å². The molecule has 0 aromatic heterocycles. The summed E-state index contributed by atoms with van der Waals surface area (Å²) in [5.74, 6) is 4.93. The first kappa shape index (κ1) is 13.4. The second-order valence-electron chi connectivity index (χ2n) is 2.88. The Bertz CT molecular complexity index is 522. The molecule has 0 amide bonds. The zero-order valence-corrected chi connectivity index (χ0v) is 9.88. The fourth-order valence-electron chi connectivity index (χ4n) is 1.03. The number of alkyl halides is 3. The van der Waals surface area contributed by atoms with Crippen molar-refractivity contribution in [2.24, 2.45) is 5.11 Å². The number of hydrogen-bond donors (Lipinski definition) is 0. The van der Waals surface area contributed by atoms with E-state index in [2.05, 4.69) is 37.8 Å². The van der Waals surface area contributed by atoms with Crippen LogP contribution >= 0.6 is 15.9 Å². The van der Waals surface area contributed by atoms with Gasteiger partial charge in [-0.2, -0.15) is 13.2 Å². The third-order valence-corrected chi connectivity index (χ3v) is 2.41. The number of benzene rings is 1. The highest BCUT2D eigenvalue weighted by atomic mass is 79.9. The van der Waals surface area contributed by atoms with Gasteiger partial charge < -0.3 is 0 Å². The van der Waals surface area contributed by atoms with Crippen LogP contribution in [0.2, 0.25) is 0 Å². The minimum Gasteiger partial charge on any atom is -0.166 e. The molecule has 1 aromatic rings. The molecule has 0 fully saturated rings. The minimum atomic E-state index is -4.43. The summed E-state index contributed by atoms with van der Waals surface area (Å²) < 4.78 is 37.5. The first-order chi connectivity index (χ1) is 7.95. The molecule has 0 aliphatic carbocycles. The van der Waals surface area contributed by atoms with Gasteiger partial charge in [0, 0.05) is 14.9 Å². The Morgan fingerprint density at radius 2 is 2.12 bits per heavy atom. The fraction of sp³-hybridized carbons (Fsp3) is 0.200. The molecule has 7 heteroatoms. The van der Waals surface area contributed by atoms with E-state index < -0.39 is 11.7 Å². The smallest absolute Gasteiger partial charge is 0.166 e. The fourth-order valence-corrected chi connectivity index (χ4v) is 1.50. The molecule has 0 atom stereocenters. The molecule has 1 rings (SSSR count). The molecular weight excluding hydrogens is 299 g/mol. The van der Waals surface area contributed by atoms with E-state index in [1.165, 1.54) is 12.1 Å². The van der Waals surface area contributed by atoms with Crippen molar-refractivity contribution in [3.8, 4) is 11.8 Å². The average molecular weight is 304 g/mol. The molecule has 17 heavy (non-hydrogen) atoms. The molecule has 0 spiro atoms. The third-order valence-electron chi connectivity index (χ3n) is 1.72. The minimum absolute atomic E-state index is 0.0365. The van der Waals surface area contributed by atoms with Gasteiger partial charge >= 0.3 is 6.18 Å². The largest absolute Gasteiger partial charge is 0.417 e. The van der Waals surface area contributed by atoms with Crippen molar-refractivity contribution < 1.29 is 13.2 Å². The Morgan fingerprint density at radius 1 is 1.41 bits per heavy atom. The van der Waals surface area contributed by atoms with E-state index in [0.29, 0.717) is 0 Å². The monoisotopic (exact) mass is 303 g/mol. The van der Waals surface area contributed by atoms with Crippen LogP contribution in [0.5, 0.6) is 0 Å². The van der Waals surface area contributed by atoms with Crippen molar-refractivity contribution in [2.75, 3.05) is 6.54 Å². The van der Waals surface area contributed by atoms with Gasteiger partial charge in [0.2, 0.25) is 0 Å². The summed E-state index contributed by atoms with van der Waals surface area (Å²) in [4.78, 5) is 2.47. The highest BCUT2D eigenvalue weighted by Crippen LogP contribution is 2.35. The lowest BCUT2D eigenvalue weighted by molar-refractivity contribution is -0.138. The molecule has 0 unspecified atom stereocenters. The first-order valence-corrected chi connectivity index (χ1v) is 5.11. The molecule has 88 valence electrons. The molecule has 0 saturated heterocycles. The predicted molar refractivity (Wildman–Crippen MR) is 60.0 cm³/mol. The summed E-state index contributed by atoms with van der Waals surface area (Å²) in [6.45, 7) is -0.0755. The standard InChI is InChI=1S/C10H5BrF3N3/c11-9-4-3-7(2-1-5-16-17-15)6-8(9)10(12,13)14/h3-4,6H,5H2. The number of nitrogens with zero attached hydrogens (tertiary/aromatic N) is 3. The summed E-state index contributed by atoms with van der Waals surface area (Å²) >= 11 is 2.82. The van der Waals surface area contributed by atoms with Gasteiger partial charge in [-0.3, -0.25) is 0 Å². The van der Waals surface area contributed by atoms with Gasteiger partial charge in [-0.25, -0.2) is 0 Å². The molecule has 0 saturated carbocycles. The van der Waals surface area contributed by atoms with Gasteiger partial charge in [-0.15, -0.1) is 0 Å². The summed E-state index contributed by atoms with van der Waals surface area (Å²) in [5.41, 5.74) is 7.42. The predicted octanol–water partition coefficient (Wildman–Crippen LogP) is 4.13. The van der Waals surface area contributed by atoms with Crippen molar-refractivity contribution in [3.63, 3.8) is 0 Å². The van der Waals surface area contributed by atoms with Crippen LogP contribution < -0.4 is 0 Å². The van der Waals surface area contributed by atoms with Crippen molar-refractivity contribution in [2.45, 2.75) is 6.18 Å². The number of halogens is 4. The highest BCUT2D eigenvalue weighted by molar-refractivity contribution is 9.10. The molecule has 0 heterocycles. The summed E-state index contributed by atoms with van der Waals surface area (Å²) in [5, 5.41) is 3.15. The van der Waals surface area contributed by atoms with Crippen LogP contribution in [0, 0.1) is 11.8 Å². The maximum absolute atomic E-state index is 12.5. The van der Waals surface area contributed by atoms with Crippen molar-refractivity contribution in [3.05, 3.63) is 44.2 Å². The molecule has 0 aliphatic rings. The first-order valence-electron chi connectivity index (χ1n) is 4.31. The van der Waals surface area contributed by atoms with Gasteiger partial charge in [0.05, 0.1) is 12.1 Å². The Kier molecular flexibility index (Phi) is 4.44. The summed E-state index contributed by atoms with van der Waals surface area (Å²) in [6.07, 6.45) is -4.43. The van der Waals surface area contributed by atoms with Gasteiger partial charge in [0.25, 0.3) is 0 Å². The summed E-state index contributed by atoms with van der Waals surface area (Å²) in [7, 11) is 0. The van der Waals surface area contributed by atoms with E-state index >= 15 is 0 Å². The lowest BCUT2D eigenvalue weighted by Gasteiger charge is -2.08. The second-order valence-corrected chi connectivity index (χ2v) is 3.74. The summed E-state index contributed by atoms with van der Waals surface area (Å²) in [6, 6.07) is 3.66. The molecule has 3 nitrogen and oxygen atoms in total. The zero-order chi connectivity index (χ0) is 12.9. The van der Waals surface area contributed by atoms with Crippen LogP contribution in [0.15, 0.2) is 27.8 Å². The van der Waals surface area contributed by atoms with Gasteiger partial charge in [0.1, 0.15) is 0 Å². The van der Waals surface area contributed by atoms with E-state index in [-0.39, 0.29) is 16.6 Å². The number of rotatable bonds is 1. The highest BCUT2D eigenvalue weighted by Gasteiger charge is 2.32. The number of azide groups is 1. The van der Waals surface area contributed by atoms with Crippen LogP contribution in [-0.2, 0) is 6.18 Å². The van der Waals surface area contributed by atoms with Crippen LogP contribution in [-0.4, -0.2) is 6.54 Å². The van der Waals surface area contributed by atoms with Gasteiger partial charge in [-0.05, 0) is 23.7 Å². The lowest BCUT2D eigenvalue weighted by Crippen LogP contribution is -2.06. The second kappa shape index (κ2) is 5.62. The zero-order valence-electron chi connectivity index (χ0n) is 8.29. The Labute approximate surface area is 103 Å². The van der Waals surface area contributed by atoms with Crippen molar-refractivity contribution in [1.82, 2.24) is 0 Å². The van der Waals surface area contributed by atoms with Crippen LogP contribution in [0.1, 0.15) is 11.1 Å². The van der Waals surface area contributed by atoms with E-state index in [1.54, 1.807) is 0 Å². The van der Waals surface area contributed by atoms with E-state index in [1.807, 2.05) is 0 Å². The quantitative estimate of drug-likeness (QED) is 0.324. The topological polar surface area (TPSA) is 48.8 Å². The van der Waals surface area contributed by atoms with Crippen LogP contribution in [0.4, 0.5) is 13.2 Å². The van der Waals surface area contributed by atoms with Gasteiger partial charge in [-0.1, -0.05) is 32.9 Å². The number of hydrogen-bond acceptors (Lipinski definition) is 1. The Hall–Kier alpha value is -1.64. The SMILES string of the molecule is [N-]=[N+]=NCC#Cc1ccc(Br)c(C(F)(F)F)c1. The normalized spacial score (nSPS) is 10.1. The average Bonchev–Trinajstić information content (AvgIpc) is 2.25. The maximum atomic E-state index is 12.5. The van der Waals surface area contributed by atoms with E-state index in [0.717, 1.165) is 6.07 Å². The molecular formula is C10H5BrF3N3. The Balaban J connectivity index is 3.03. The molecule has 1 aromatic carbocycles.